The number of ether oxygens (including phenoxy) is 2. The molecule has 4 aliphatic rings. The highest BCUT2D eigenvalue weighted by Gasteiger charge is 2.51. The number of rotatable bonds is 3. The molecule has 2 N–H and O–H groups in total. The second-order valence-electron chi connectivity index (χ2n) is 9.33. The molecule has 3 fully saturated rings. The number of carbonyl (C=O) groups is 3. The van der Waals surface area contributed by atoms with Crippen LogP contribution in [-0.4, -0.2) is 89.9 Å². The molecule has 0 bridgehead atoms. The number of para-hydroxylation sites is 1. The number of carboxylic acid groups (broad SMARTS) is 1. The Kier molecular flexibility index (Phi) is 7.19. The fourth-order valence-corrected chi connectivity index (χ4v) is 5.43. The summed E-state index contributed by atoms with van der Waals surface area (Å²) in [6.07, 6.45) is 4.19. The first-order chi connectivity index (χ1) is 16.0. The van der Waals surface area contributed by atoms with Crippen LogP contribution in [-0.2, 0) is 20.7 Å². The lowest BCUT2D eigenvalue weighted by Gasteiger charge is -2.37. The zero-order valence-corrected chi connectivity index (χ0v) is 18.8. The van der Waals surface area contributed by atoms with E-state index in [9.17, 15) is 14.7 Å². The number of fused-ring (bicyclic) bond motifs is 1. The van der Waals surface area contributed by atoms with Crippen LogP contribution in [0, 0.1) is 5.41 Å². The lowest BCUT2D eigenvalue weighted by molar-refractivity contribution is -0.151. The van der Waals surface area contributed by atoms with Gasteiger partial charge in [0.25, 0.3) is 12.4 Å². The Labute approximate surface area is 193 Å². The van der Waals surface area contributed by atoms with Gasteiger partial charge in [-0.05, 0) is 37.3 Å². The second kappa shape index (κ2) is 10.1. The molecule has 5 rings (SSSR count). The molecule has 3 saturated heterocycles. The van der Waals surface area contributed by atoms with Gasteiger partial charge in [0, 0.05) is 45.6 Å². The van der Waals surface area contributed by atoms with E-state index >= 15 is 0 Å². The van der Waals surface area contributed by atoms with Crippen molar-refractivity contribution in [2.45, 2.75) is 50.7 Å². The molecule has 0 saturated carbocycles. The van der Waals surface area contributed by atoms with E-state index in [1.165, 1.54) is 0 Å². The summed E-state index contributed by atoms with van der Waals surface area (Å²) in [6.45, 7) is 3.98. The van der Waals surface area contributed by atoms with Crippen LogP contribution in [0.25, 0.3) is 0 Å². The monoisotopic (exact) mass is 460 g/mol. The van der Waals surface area contributed by atoms with Gasteiger partial charge in [-0.2, -0.15) is 0 Å². The fourth-order valence-electron chi connectivity index (χ4n) is 5.43. The largest absolute Gasteiger partial charge is 0.492 e. The van der Waals surface area contributed by atoms with Gasteiger partial charge in [-0.15, -0.1) is 0 Å². The summed E-state index contributed by atoms with van der Waals surface area (Å²) in [4.78, 5) is 38.4. The van der Waals surface area contributed by atoms with Crippen molar-refractivity contribution in [1.29, 1.82) is 0 Å². The number of benzene rings is 1. The molecule has 0 radical (unpaired) electrons. The minimum absolute atomic E-state index is 0.00149. The maximum atomic E-state index is 13.1. The lowest BCUT2D eigenvalue weighted by Crippen LogP contribution is -2.45. The molecule has 1 unspecified atom stereocenters. The van der Waals surface area contributed by atoms with Gasteiger partial charge in [-0.1, -0.05) is 12.1 Å². The van der Waals surface area contributed by atoms with Crippen molar-refractivity contribution in [3.8, 4) is 5.75 Å². The van der Waals surface area contributed by atoms with Gasteiger partial charge >= 0.3 is 5.97 Å². The number of amides is 1. The van der Waals surface area contributed by atoms with Gasteiger partial charge in [0.15, 0.2) is 0 Å². The molecule has 9 heteroatoms. The van der Waals surface area contributed by atoms with Crippen LogP contribution in [0.5, 0.6) is 5.75 Å². The number of nitrogens with zero attached hydrogens (tertiary/aromatic N) is 2. The van der Waals surface area contributed by atoms with Crippen molar-refractivity contribution >= 4 is 18.3 Å². The molecular formula is C24H32N2O7. The average Bonchev–Trinajstić information content (AvgIpc) is 3.40. The highest BCUT2D eigenvalue weighted by Crippen LogP contribution is 2.44. The number of likely N-dealkylation sites (tertiary alicyclic amines) is 2. The Morgan fingerprint density at radius 2 is 1.88 bits per heavy atom. The summed E-state index contributed by atoms with van der Waals surface area (Å²) in [5, 5.41) is 16.6. The summed E-state index contributed by atoms with van der Waals surface area (Å²) in [6, 6.07) is 5.78. The molecule has 180 valence electrons. The molecule has 1 atom stereocenters. The number of hydrogen-bond acceptors (Lipinski definition) is 7. The molecule has 1 aromatic rings. The van der Waals surface area contributed by atoms with E-state index in [1.54, 1.807) is 0 Å². The van der Waals surface area contributed by atoms with E-state index in [0.717, 1.165) is 56.6 Å². The van der Waals surface area contributed by atoms with Crippen molar-refractivity contribution < 1.29 is 34.1 Å². The summed E-state index contributed by atoms with van der Waals surface area (Å²) >= 11 is 0. The highest BCUT2D eigenvalue weighted by atomic mass is 16.6. The van der Waals surface area contributed by atoms with Crippen molar-refractivity contribution in [3.05, 3.63) is 29.3 Å². The smallest absolute Gasteiger partial charge is 0.312 e. The number of carbonyl (C=O) groups excluding carboxylic acids is 2. The molecule has 1 aromatic carbocycles. The van der Waals surface area contributed by atoms with Crippen LogP contribution in [0.1, 0.15) is 48.0 Å². The SMILES string of the molecule is O=C(c1cccc2c1OCC2)N1CCC2(CC1)CC(CN1CCC(O)CC1)OC2=O.O=CO. The summed E-state index contributed by atoms with van der Waals surface area (Å²) < 4.78 is 11.5. The number of aliphatic hydroxyl groups excluding tert-OH is 1. The molecule has 4 aliphatic heterocycles. The molecule has 1 amide bonds. The zero-order chi connectivity index (χ0) is 23.4. The minimum Gasteiger partial charge on any atom is -0.492 e. The number of aliphatic hydroxyl groups is 1. The van der Waals surface area contributed by atoms with Crippen LogP contribution < -0.4 is 4.74 Å². The topological polar surface area (TPSA) is 117 Å². The van der Waals surface area contributed by atoms with Gasteiger partial charge in [-0.25, -0.2) is 0 Å². The third-order valence-corrected chi connectivity index (χ3v) is 7.30. The van der Waals surface area contributed by atoms with Crippen LogP contribution >= 0.6 is 0 Å². The summed E-state index contributed by atoms with van der Waals surface area (Å²) in [5.74, 6) is 0.633. The van der Waals surface area contributed by atoms with Gasteiger partial charge in [0.2, 0.25) is 0 Å². The Morgan fingerprint density at radius 1 is 1.18 bits per heavy atom. The van der Waals surface area contributed by atoms with Crippen LogP contribution in [0.4, 0.5) is 0 Å². The molecule has 0 aromatic heterocycles. The van der Waals surface area contributed by atoms with Gasteiger partial charge in [0.1, 0.15) is 11.9 Å². The van der Waals surface area contributed by atoms with Gasteiger partial charge in [-0.3, -0.25) is 19.3 Å². The van der Waals surface area contributed by atoms with E-state index in [1.807, 2.05) is 23.1 Å². The maximum Gasteiger partial charge on any atom is 0.312 e. The third kappa shape index (κ3) is 4.99. The molecular weight excluding hydrogens is 428 g/mol. The predicted molar refractivity (Wildman–Crippen MR) is 118 cm³/mol. The molecule has 4 heterocycles. The van der Waals surface area contributed by atoms with Crippen molar-refractivity contribution in [3.63, 3.8) is 0 Å². The van der Waals surface area contributed by atoms with E-state index in [-0.39, 0.29) is 30.6 Å². The first kappa shape index (κ1) is 23.5. The van der Waals surface area contributed by atoms with Crippen molar-refractivity contribution in [2.24, 2.45) is 5.41 Å². The van der Waals surface area contributed by atoms with E-state index in [0.29, 0.717) is 38.1 Å². The second-order valence-corrected chi connectivity index (χ2v) is 9.33. The van der Waals surface area contributed by atoms with Crippen LogP contribution in [0.15, 0.2) is 18.2 Å². The van der Waals surface area contributed by atoms with Crippen molar-refractivity contribution in [1.82, 2.24) is 9.80 Å². The highest BCUT2D eigenvalue weighted by molar-refractivity contribution is 5.97. The van der Waals surface area contributed by atoms with Crippen molar-refractivity contribution in [2.75, 3.05) is 39.3 Å². The molecule has 1 spiro atoms. The number of hydrogen-bond donors (Lipinski definition) is 2. The Hall–Kier alpha value is -2.65. The first-order valence-electron chi connectivity index (χ1n) is 11.7. The average molecular weight is 461 g/mol. The van der Waals surface area contributed by atoms with E-state index < -0.39 is 5.41 Å². The molecule has 33 heavy (non-hydrogen) atoms. The van der Waals surface area contributed by atoms with E-state index in [2.05, 4.69) is 4.90 Å². The Morgan fingerprint density at radius 3 is 2.58 bits per heavy atom. The standard InChI is InChI=1S/C23H30N2O5.CH2O2/c26-17-4-9-24(10-5-17)15-18-14-23(22(28)30-18)7-11-25(12-8-23)21(27)19-3-1-2-16-6-13-29-20(16)19;2-1-3/h1-3,17-18,26H,4-15H2;1H,(H,2,3). The summed E-state index contributed by atoms with van der Waals surface area (Å²) in [5.41, 5.74) is 1.29. The number of piperidine rings is 2. The van der Waals surface area contributed by atoms with Gasteiger partial charge in [0.05, 0.1) is 23.7 Å². The first-order valence-corrected chi connectivity index (χ1v) is 11.7. The lowest BCUT2D eigenvalue weighted by atomic mass is 9.76. The fraction of sp³-hybridized carbons (Fsp3) is 0.625. The van der Waals surface area contributed by atoms with Crippen LogP contribution in [0.2, 0.25) is 0 Å². The minimum atomic E-state index is -0.452. The van der Waals surface area contributed by atoms with Gasteiger partial charge < -0.3 is 24.6 Å². The number of esters is 1. The van der Waals surface area contributed by atoms with Crippen LogP contribution in [0.3, 0.4) is 0 Å². The predicted octanol–water partition coefficient (Wildman–Crippen LogP) is 1.32. The molecule has 9 nitrogen and oxygen atoms in total. The summed E-state index contributed by atoms with van der Waals surface area (Å²) in [7, 11) is 0. The maximum absolute atomic E-state index is 13.1. The third-order valence-electron chi connectivity index (χ3n) is 7.30. The molecule has 0 aliphatic carbocycles. The Balaban J connectivity index is 0.000000821. The van der Waals surface area contributed by atoms with E-state index in [4.69, 9.17) is 19.4 Å². The Bertz CT molecular complexity index is 874. The normalized spacial score (nSPS) is 24.5. The number of cyclic esters (lactones) is 1. The zero-order valence-electron chi connectivity index (χ0n) is 18.8. The quantitative estimate of drug-likeness (QED) is 0.512.